The van der Waals surface area contributed by atoms with Gasteiger partial charge in [-0.3, -0.25) is 4.79 Å². The topological polar surface area (TPSA) is 50.8 Å². The molecule has 0 atom stereocenters. The summed E-state index contributed by atoms with van der Waals surface area (Å²) in [4.78, 5) is 14.1. The average Bonchev–Trinajstić information content (AvgIpc) is 2.60. The molecule has 2 aromatic carbocycles. The molecule has 132 valence electrons. The number of carbonyl (C=O) groups excluding carboxylic acids is 1. The van der Waals surface area contributed by atoms with Crippen molar-refractivity contribution in [3.05, 3.63) is 48.0 Å². The zero-order valence-electron chi connectivity index (χ0n) is 13.7. The highest BCUT2D eigenvalue weighted by Crippen LogP contribution is 2.30. The highest BCUT2D eigenvalue weighted by molar-refractivity contribution is 6.02. The Morgan fingerprint density at radius 1 is 1.20 bits per heavy atom. The molecular weight excluding hydrogens is 330 g/mol. The summed E-state index contributed by atoms with van der Waals surface area (Å²) in [6.07, 6.45) is 0. The third-order valence-electron chi connectivity index (χ3n) is 3.96. The Hall–Kier alpha value is -2.67. The van der Waals surface area contributed by atoms with E-state index < -0.39 is 6.61 Å². The first-order chi connectivity index (χ1) is 12.1. The van der Waals surface area contributed by atoms with Gasteiger partial charge in [0.1, 0.15) is 5.75 Å². The van der Waals surface area contributed by atoms with Crippen LogP contribution in [-0.4, -0.2) is 44.3 Å². The van der Waals surface area contributed by atoms with Gasteiger partial charge >= 0.3 is 6.61 Å². The number of methoxy groups -OCH3 is 1. The van der Waals surface area contributed by atoms with E-state index >= 15 is 0 Å². The van der Waals surface area contributed by atoms with Crippen molar-refractivity contribution in [2.45, 2.75) is 6.61 Å². The largest absolute Gasteiger partial charge is 0.435 e. The van der Waals surface area contributed by atoms with Crippen LogP contribution in [0, 0.1) is 0 Å². The number of nitrogens with zero attached hydrogens (tertiary/aromatic N) is 1. The molecule has 25 heavy (non-hydrogen) atoms. The predicted octanol–water partition coefficient (Wildman–Crippen LogP) is 3.43. The fourth-order valence-corrected chi connectivity index (χ4v) is 2.71. The van der Waals surface area contributed by atoms with Crippen molar-refractivity contribution in [1.82, 2.24) is 4.90 Å². The van der Waals surface area contributed by atoms with Gasteiger partial charge in [-0.25, -0.2) is 0 Å². The molecule has 5 nitrogen and oxygen atoms in total. The van der Waals surface area contributed by atoms with Gasteiger partial charge in [0, 0.05) is 19.3 Å². The zero-order chi connectivity index (χ0) is 17.8. The van der Waals surface area contributed by atoms with Gasteiger partial charge in [0.15, 0.2) is 0 Å². The minimum Gasteiger partial charge on any atom is -0.435 e. The minimum absolute atomic E-state index is 0.0628. The molecule has 0 aromatic heterocycles. The van der Waals surface area contributed by atoms with E-state index in [1.807, 2.05) is 6.07 Å². The zero-order valence-corrected chi connectivity index (χ0v) is 13.7. The fraction of sp³-hybridized carbons (Fsp3) is 0.278. The molecule has 1 amide bonds. The van der Waals surface area contributed by atoms with Gasteiger partial charge < -0.3 is 19.7 Å². The van der Waals surface area contributed by atoms with Crippen molar-refractivity contribution in [3.8, 4) is 16.9 Å². The summed E-state index contributed by atoms with van der Waals surface area (Å²) in [6, 6.07) is 11.8. The molecule has 0 fully saturated rings. The summed E-state index contributed by atoms with van der Waals surface area (Å²) in [6.45, 7) is -1.49. The van der Waals surface area contributed by atoms with Gasteiger partial charge in [0.25, 0.3) is 5.91 Å². The Balaban J connectivity index is 1.84. The monoisotopic (exact) mass is 348 g/mol. The summed E-state index contributed by atoms with van der Waals surface area (Å²) < 4.78 is 34.2. The number of hydrogen-bond donors (Lipinski definition) is 1. The second-order valence-corrected chi connectivity index (χ2v) is 5.56. The number of amides is 1. The van der Waals surface area contributed by atoms with Crippen molar-refractivity contribution in [3.63, 3.8) is 0 Å². The van der Waals surface area contributed by atoms with Crippen LogP contribution in [0.25, 0.3) is 11.1 Å². The van der Waals surface area contributed by atoms with Crippen LogP contribution in [0.5, 0.6) is 5.75 Å². The highest BCUT2D eigenvalue weighted by atomic mass is 19.3. The maximum absolute atomic E-state index is 12.5. The molecule has 0 unspecified atom stereocenters. The summed E-state index contributed by atoms with van der Waals surface area (Å²) in [5.74, 6) is 0.0344. The van der Waals surface area contributed by atoms with Crippen LogP contribution in [0.2, 0.25) is 0 Å². The molecule has 1 heterocycles. The van der Waals surface area contributed by atoms with Crippen LogP contribution in [0.4, 0.5) is 14.5 Å². The Morgan fingerprint density at radius 3 is 2.76 bits per heavy atom. The summed E-state index contributed by atoms with van der Waals surface area (Å²) in [7, 11) is 1.59. The summed E-state index contributed by atoms with van der Waals surface area (Å²) >= 11 is 0. The van der Waals surface area contributed by atoms with Crippen molar-refractivity contribution in [2.24, 2.45) is 0 Å². The molecule has 7 heteroatoms. The van der Waals surface area contributed by atoms with Crippen LogP contribution >= 0.6 is 0 Å². The van der Waals surface area contributed by atoms with Crippen LogP contribution < -0.4 is 10.1 Å². The summed E-state index contributed by atoms with van der Waals surface area (Å²) in [5.41, 5.74) is 2.84. The molecule has 0 saturated heterocycles. The van der Waals surface area contributed by atoms with Gasteiger partial charge in [0.05, 0.1) is 18.8 Å². The third kappa shape index (κ3) is 3.88. The van der Waals surface area contributed by atoms with E-state index in [1.54, 1.807) is 42.3 Å². The van der Waals surface area contributed by atoms with Crippen LogP contribution in [0.1, 0.15) is 10.4 Å². The molecule has 3 rings (SSSR count). The van der Waals surface area contributed by atoms with Gasteiger partial charge in [0.2, 0.25) is 0 Å². The van der Waals surface area contributed by atoms with E-state index in [1.165, 1.54) is 6.07 Å². The van der Waals surface area contributed by atoms with Crippen molar-refractivity contribution < 1.29 is 23.0 Å². The van der Waals surface area contributed by atoms with Crippen molar-refractivity contribution in [1.29, 1.82) is 0 Å². The lowest BCUT2D eigenvalue weighted by Gasteiger charge is -2.29. The Labute approximate surface area is 144 Å². The summed E-state index contributed by atoms with van der Waals surface area (Å²) in [5, 5.41) is 3.21. The first-order valence-electron chi connectivity index (χ1n) is 7.80. The standard InChI is InChI=1S/C18H18F2N2O3/c1-24-8-7-22-11-21-16-10-13(5-6-15(16)17(22)23)12-3-2-4-14(9-12)25-18(19)20/h2-6,9-10,18,21H,7-8,11H2,1H3. The first-order valence-corrected chi connectivity index (χ1v) is 7.80. The number of halogens is 2. The molecule has 0 spiro atoms. The highest BCUT2D eigenvalue weighted by Gasteiger charge is 2.24. The lowest BCUT2D eigenvalue weighted by molar-refractivity contribution is -0.0498. The number of hydrogen-bond acceptors (Lipinski definition) is 4. The van der Waals surface area contributed by atoms with E-state index in [2.05, 4.69) is 10.1 Å². The minimum atomic E-state index is -2.86. The number of rotatable bonds is 6. The quantitative estimate of drug-likeness (QED) is 0.869. The first kappa shape index (κ1) is 17.2. The van der Waals surface area contributed by atoms with E-state index in [-0.39, 0.29) is 11.7 Å². The predicted molar refractivity (Wildman–Crippen MR) is 89.9 cm³/mol. The van der Waals surface area contributed by atoms with E-state index in [0.29, 0.717) is 25.4 Å². The maximum atomic E-state index is 12.5. The molecule has 1 aliphatic rings. The number of nitrogens with one attached hydrogen (secondary N) is 1. The fourth-order valence-electron chi connectivity index (χ4n) is 2.71. The average molecular weight is 348 g/mol. The van der Waals surface area contributed by atoms with Crippen molar-refractivity contribution >= 4 is 11.6 Å². The van der Waals surface area contributed by atoms with Crippen LogP contribution in [-0.2, 0) is 4.74 Å². The maximum Gasteiger partial charge on any atom is 0.387 e. The molecule has 0 radical (unpaired) electrons. The number of benzene rings is 2. The lowest BCUT2D eigenvalue weighted by Crippen LogP contribution is -2.41. The van der Waals surface area contributed by atoms with Gasteiger partial charge in [-0.1, -0.05) is 18.2 Å². The second-order valence-electron chi connectivity index (χ2n) is 5.56. The number of alkyl halides is 2. The number of carbonyl (C=O) groups is 1. The van der Waals surface area contributed by atoms with E-state index in [0.717, 1.165) is 16.8 Å². The number of fused-ring (bicyclic) bond motifs is 1. The Bertz CT molecular complexity index is 768. The second kappa shape index (κ2) is 7.48. The van der Waals surface area contributed by atoms with E-state index in [4.69, 9.17) is 4.74 Å². The molecule has 0 bridgehead atoms. The Morgan fingerprint density at radius 2 is 2.00 bits per heavy atom. The molecule has 2 aromatic rings. The van der Waals surface area contributed by atoms with Gasteiger partial charge in [-0.2, -0.15) is 8.78 Å². The lowest BCUT2D eigenvalue weighted by atomic mass is 10.0. The molecule has 1 aliphatic heterocycles. The SMILES string of the molecule is COCCN1CNc2cc(-c3cccc(OC(F)F)c3)ccc2C1=O. The third-order valence-corrected chi connectivity index (χ3v) is 3.96. The molecule has 1 N–H and O–H groups in total. The van der Waals surface area contributed by atoms with Crippen LogP contribution in [0.15, 0.2) is 42.5 Å². The number of anilines is 1. The van der Waals surface area contributed by atoms with Crippen molar-refractivity contribution in [2.75, 3.05) is 32.2 Å². The van der Waals surface area contributed by atoms with Gasteiger partial charge in [-0.15, -0.1) is 0 Å². The Kier molecular flexibility index (Phi) is 5.14. The van der Waals surface area contributed by atoms with Gasteiger partial charge in [-0.05, 0) is 35.4 Å². The normalized spacial score (nSPS) is 13.6. The molecular formula is C18H18F2N2O3. The van der Waals surface area contributed by atoms with Crippen LogP contribution in [0.3, 0.4) is 0 Å². The van der Waals surface area contributed by atoms with E-state index in [9.17, 15) is 13.6 Å². The molecule has 0 aliphatic carbocycles. The smallest absolute Gasteiger partial charge is 0.387 e. The number of ether oxygens (including phenoxy) is 2. The molecule has 0 saturated carbocycles.